The highest BCUT2D eigenvalue weighted by atomic mass is 16.4. The van der Waals surface area contributed by atoms with Gasteiger partial charge < -0.3 is 10.4 Å². The lowest BCUT2D eigenvalue weighted by Crippen LogP contribution is -2.30. The van der Waals surface area contributed by atoms with E-state index in [4.69, 9.17) is 5.11 Å². The van der Waals surface area contributed by atoms with Gasteiger partial charge in [0.2, 0.25) is 5.91 Å². The lowest BCUT2D eigenvalue weighted by atomic mass is 10.2. The molecule has 0 aliphatic carbocycles. The van der Waals surface area contributed by atoms with Gasteiger partial charge in [-0.05, 0) is 12.8 Å². The highest BCUT2D eigenvalue weighted by molar-refractivity contribution is 6.12. The Morgan fingerprint density at radius 1 is 0.926 bits per heavy atom. The van der Waals surface area contributed by atoms with Crippen LogP contribution in [0.25, 0.3) is 0 Å². The summed E-state index contributed by atoms with van der Waals surface area (Å²) in [5.41, 5.74) is 0. The van der Waals surface area contributed by atoms with Gasteiger partial charge in [0.15, 0.2) is 0 Å². The largest absolute Gasteiger partial charge is 0.478 e. The van der Waals surface area contributed by atoms with Crippen LogP contribution in [0.4, 0.5) is 0 Å². The van der Waals surface area contributed by atoms with Crippen molar-refractivity contribution in [3.05, 3.63) is 24.3 Å². The molecule has 0 unspecified atom stereocenters. The summed E-state index contributed by atoms with van der Waals surface area (Å²) in [6, 6.07) is 0. The molecule has 27 heavy (non-hydrogen) atoms. The van der Waals surface area contributed by atoms with Crippen LogP contribution in [0.2, 0.25) is 0 Å². The van der Waals surface area contributed by atoms with Crippen molar-refractivity contribution in [3.8, 4) is 0 Å². The van der Waals surface area contributed by atoms with Gasteiger partial charge in [-0.1, -0.05) is 52.4 Å². The van der Waals surface area contributed by atoms with Gasteiger partial charge in [0, 0.05) is 37.4 Å². The highest BCUT2D eigenvalue weighted by Gasteiger charge is 2.21. The Labute approximate surface area is 161 Å². The van der Waals surface area contributed by atoms with Crippen LogP contribution < -0.4 is 5.32 Å². The van der Waals surface area contributed by atoms with E-state index in [1.807, 2.05) is 0 Å². The summed E-state index contributed by atoms with van der Waals surface area (Å²) in [5, 5.41) is 10.8. The summed E-state index contributed by atoms with van der Waals surface area (Å²) >= 11 is 0. The van der Waals surface area contributed by atoms with E-state index in [1.165, 1.54) is 36.3 Å². The monoisotopic (exact) mass is 380 g/mol. The molecule has 0 radical (unpaired) electrons. The lowest BCUT2D eigenvalue weighted by Gasteiger charge is -2.12. The number of unbranched alkanes of at least 4 members (excludes halogenated alkanes) is 6. The molecule has 0 aromatic heterocycles. The first-order valence-electron chi connectivity index (χ1n) is 9.64. The lowest BCUT2D eigenvalue weighted by molar-refractivity contribution is -0.137. The van der Waals surface area contributed by atoms with Crippen LogP contribution in [0.3, 0.4) is 0 Å². The number of rotatable bonds is 12. The summed E-state index contributed by atoms with van der Waals surface area (Å²) < 4.78 is 0. The third kappa shape index (κ3) is 13.4. The van der Waals surface area contributed by atoms with Crippen LogP contribution in [0, 0.1) is 0 Å². The summed E-state index contributed by atoms with van der Waals surface area (Å²) in [5.74, 6) is -1.78. The van der Waals surface area contributed by atoms with Gasteiger partial charge >= 0.3 is 5.97 Å². The maximum Gasteiger partial charge on any atom is 0.328 e. The maximum absolute atomic E-state index is 11.1. The van der Waals surface area contributed by atoms with Crippen LogP contribution in [-0.2, 0) is 19.2 Å². The fourth-order valence-corrected chi connectivity index (χ4v) is 2.32. The number of nitrogens with one attached hydrogen (secondary N) is 1. The summed E-state index contributed by atoms with van der Waals surface area (Å²) in [7, 11) is 0. The molecule has 0 saturated carbocycles. The van der Waals surface area contributed by atoms with Gasteiger partial charge in [0.1, 0.15) is 0 Å². The van der Waals surface area contributed by atoms with E-state index < -0.39 is 5.97 Å². The van der Waals surface area contributed by atoms with Crippen LogP contribution >= 0.6 is 0 Å². The second kappa shape index (κ2) is 15.8. The smallest absolute Gasteiger partial charge is 0.328 e. The zero-order chi connectivity index (χ0) is 20.5. The number of carbonyl (C=O) groups is 4. The molecule has 7 nitrogen and oxygen atoms in total. The molecule has 1 rings (SSSR count). The molecule has 152 valence electrons. The Bertz CT molecular complexity index is 522. The van der Waals surface area contributed by atoms with Crippen LogP contribution in [0.1, 0.15) is 65.2 Å². The molecular formula is C20H32N2O5. The molecule has 1 aliphatic heterocycles. The predicted octanol–water partition coefficient (Wildman–Crippen LogP) is 2.82. The van der Waals surface area contributed by atoms with Crippen molar-refractivity contribution in [2.45, 2.75) is 65.2 Å². The molecule has 0 fully saturated rings. The Morgan fingerprint density at radius 2 is 1.48 bits per heavy atom. The number of amides is 3. The van der Waals surface area contributed by atoms with Gasteiger partial charge in [0.25, 0.3) is 11.8 Å². The summed E-state index contributed by atoms with van der Waals surface area (Å²) in [6.45, 7) is 5.44. The van der Waals surface area contributed by atoms with Crippen molar-refractivity contribution in [2.75, 3.05) is 13.1 Å². The fourth-order valence-electron chi connectivity index (χ4n) is 2.32. The fraction of sp³-hybridized carbons (Fsp3) is 0.600. The van der Waals surface area contributed by atoms with Gasteiger partial charge in [-0.2, -0.15) is 0 Å². The normalized spacial score (nSPS) is 13.0. The Kier molecular flexibility index (Phi) is 14.4. The van der Waals surface area contributed by atoms with E-state index in [9.17, 15) is 19.2 Å². The average Bonchev–Trinajstić information content (AvgIpc) is 2.95. The Hall–Kier alpha value is -2.44. The van der Waals surface area contributed by atoms with Crippen LogP contribution in [-0.4, -0.2) is 46.8 Å². The number of nitrogens with zero attached hydrogens (tertiary/aromatic N) is 1. The van der Waals surface area contributed by atoms with E-state index in [0.717, 1.165) is 44.3 Å². The Morgan fingerprint density at radius 3 is 2.00 bits per heavy atom. The van der Waals surface area contributed by atoms with Crippen molar-refractivity contribution in [3.63, 3.8) is 0 Å². The van der Waals surface area contributed by atoms with E-state index >= 15 is 0 Å². The standard InChI is InChI=1S/C10H17NO3.C10H15NO2/c1-2-3-4-5-8-11-9(12)6-7-10(13)14;1-2-3-4-5-8-11-9(12)6-7-10(11)13/h6-7H,2-5,8H2,1H3,(H,11,12)(H,13,14);6-7H,2-5,8H2,1H3/b7-6-;. The van der Waals surface area contributed by atoms with E-state index in [0.29, 0.717) is 13.1 Å². The molecule has 0 saturated heterocycles. The van der Waals surface area contributed by atoms with Crippen molar-refractivity contribution in [1.29, 1.82) is 0 Å². The first kappa shape index (κ1) is 24.6. The van der Waals surface area contributed by atoms with Gasteiger partial charge in [0.05, 0.1) is 0 Å². The Balaban J connectivity index is 0.000000501. The molecule has 0 aromatic rings. The van der Waals surface area contributed by atoms with Crippen molar-refractivity contribution in [1.82, 2.24) is 10.2 Å². The summed E-state index contributed by atoms with van der Waals surface area (Å²) in [6.07, 6.45) is 13.3. The summed E-state index contributed by atoms with van der Waals surface area (Å²) in [4.78, 5) is 44.4. The zero-order valence-corrected chi connectivity index (χ0v) is 16.4. The maximum atomic E-state index is 11.1. The first-order valence-corrected chi connectivity index (χ1v) is 9.64. The van der Waals surface area contributed by atoms with Crippen LogP contribution in [0.15, 0.2) is 24.3 Å². The number of imide groups is 1. The molecule has 0 spiro atoms. The first-order chi connectivity index (χ1) is 12.9. The second-order valence-electron chi connectivity index (χ2n) is 6.25. The SMILES string of the molecule is CCCCCCN1C(=O)C=CC1=O.CCCCCCNC(=O)/C=C\C(=O)O. The number of carbonyl (C=O) groups excluding carboxylic acids is 3. The minimum atomic E-state index is -1.11. The average molecular weight is 380 g/mol. The third-order valence-corrected chi connectivity index (χ3v) is 3.84. The molecule has 7 heteroatoms. The topological polar surface area (TPSA) is 104 Å². The van der Waals surface area contributed by atoms with Crippen molar-refractivity contribution >= 4 is 23.7 Å². The van der Waals surface area contributed by atoms with E-state index in [1.54, 1.807) is 0 Å². The van der Waals surface area contributed by atoms with Gasteiger partial charge in [-0.15, -0.1) is 0 Å². The molecule has 2 N–H and O–H groups in total. The molecule has 0 bridgehead atoms. The molecule has 3 amide bonds. The van der Waals surface area contributed by atoms with Crippen molar-refractivity contribution < 1.29 is 24.3 Å². The predicted molar refractivity (Wildman–Crippen MR) is 104 cm³/mol. The zero-order valence-electron chi connectivity index (χ0n) is 16.4. The van der Waals surface area contributed by atoms with Crippen LogP contribution in [0.5, 0.6) is 0 Å². The van der Waals surface area contributed by atoms with E-state index in [-0.39, 0.29) is 17.7 Å². The van der Waals surface area contributed by atoms with Crippen molar-refractivity contribution in [2.24, 2.45) is 0 Å². The van der Waals surface area contributed by atoms with Gasteiger partial charge in [-0.25, -0.2) is 4.79 Å². The molecule has 0 atom stereocenters. The molecule has 1 aliphatic rings. The minimum Gasteiger partial charge on any atom is -0.478 e. The quantitative estimate of drug-likeness (QED) is 0.308. The van der Waals surface area contributed by atoms with E-state index in [2.05, 4.69) is 19.2 Å². The second-order valence-corrected chi connectivity index (χ2v) is 6.25. The molecule has 1 heterocycles. The molecule has 0 aromatic carbocycles. The number of hydrogen-bond donors (Lipinski definition) is 2. The number of hydrogen-bond acceptors (Lipinski definition) is 4. The number of aliphatic carboxylic acids is 1. The minimum absolute atomic E-state index is 0.165. The molecular weight excluding hydrogens is 348 g/mol. The number of carboxylic acid groups (broad SMARTS) is 1. The number of carboxylic acids is 1. The van der Waals surface area contributed by atoms with Gasteiger partial charge in [-0.3, -0.25) is 19.3 Å². The third-order valence-electron chi connectivity index (χ3n) is 3.84. The highest BCUT2D eigenvalue weighted by Crippen LogP contribution is 2.07.